The highest BCUT2D eigenvalue weighted by Crippen LogP contribution is 2.40. The maximum absolute atomic E-state index is 6.45. The lowest BCUT2D eigenvalue weighted by Gasteiger charge is -2.26. The number of benzene rings is 2. The molecule has 2 heterocycles. The average molecular weight is 511 g/mol. The number of methoxy groups -OCH3 is 2. The van der Waals surface area contributed by atoms with E-state index in [2.05, 4.69) is 24.3 Å². The molecule has 0 N–H and O–H groups in total. The van der Waals surface area contributed by atoms with Gasteiger partial charge in [0.2, 0.25) is 0 Å². The Morgan fingerprint density at radius 2 is 1.05 bits per heavy atom. The van der Waals surface area contributed by atoms with E-state index in [0.717, 1.165) is 11.1 Å². The minimum atomic E-state index is -0.678. The van der Waals surface area contributed by atoms with Crippen molar-refractivity contribution in [2.45, 2.75) is 38.1 Å². The Labute approximate surface area is 219 Å². The Balaban J connectivity index is 1.55. The third kappa shape index (κ3) is 6.76. The molecule has 200 valence electrons. The molecule has 0 amide bonds. The highest BCUT2D eigenvalue weighted by molar-refractivity contribution is 6.05. The summed E-state index contributed by atoms with van der Waals surface area (Å²) in [7, 11) is 3.32. The summed E-state index contributed by atoms with van der Waals surface area (Å²) in [6.07, 6.45) is -0.512. The van der Waals surface area contributed by atoms with Crippen LogP contribution in [0.5, 0.6) is 0 Å². The van der Waals surface area contributed by atoms with E-state index in [0.29, 0.717) is 51.4 Å². The Kier molecular flexibility index (Phi) is 9.68. The van der Waals surface area contributed by atoms with Crippen LogP contribution in [-0.4, -0.2) is 77.9 Å². The first-order chi connectivity index (χ1) is 18.0. The molecule has 0 saturated heterocycles. The molecule has 0 aromatic heterocycles. The van der Waals surface area contributed by atoms with Crippen molar-refractivity contribution >= 4 is 11.8 Å². The maximum atomic E-state index is 6.45. The molecule has 0 unspecified atom stereocenters. The smallest absolute Gasteiger partial charge is 0.199 e. The van der Waals surface area contributed by atoms with Gasteiger partial charge in [-0.25, -0.2) is 9.98 Å². The van der Waals surface area contributed by atoms with Crippen LogP contribution in [0.2, 0.25) is 0 Å². The van der Waals surface area contributed by atoms with Gasteiger partial charge >= 0.3 is 0 Å². The molecule has 0 aliphatic carbocycles. The summed E-state index contributed by atoms with van der Waals surface area (Å²) in [6, 6.07) is 20.0. The van der Waals surface area contributed by atoms with Crippen molar-refractivity contribution < 1.29 is 28.4 Å². The maximum Gasteiger partial charge on any atom is 0.199 e. The van der Waals surface area contributed by atoms with Crippen LogP contribution in [0.3, 0.4) is 0 Å². The molecule has 0 spiro atoms. The number of hydrogen-bond donors (Lipinski definition) is 0. The average Bonchev–Trinajstić information content (AvgIpc) is 3.56. The topological polar surface area (TPSA) is 80.1 Å². The molecule has 2 aromatic carbocycles. The van der Waals surface area contributed by atoms with Crippen molar-refractivity contribution in [2.75, 3.05) is 53.9 Å². The van der Waals surface area contributed by atoms with Crippen molar-refractivity contribution in [1.82, 2.24) is 0 Å². The van der Waals surface area contributed by atoms with Crippen molar-refractivity contribution in [2.24, 2.45) is 15.4 Å². The lowest BCUT2D eigenvalue weighted by Crippen LogP contribution is -2.37. The fraction of sp³-hybridized carbons (Fsp3) is 0.517. The minimum absolute atomic E-state index is 0.182. The molecule has 0 saturated carbocycles. The van der Waals surface area contributed by atoms with Crippen LogP contribution in [0.1, 0.15) is 37.1 Å². The van der Waals surface area contributed by atoms with Gasteiger partial charge in [-0.15, -0.1) is 0 Å². The molecule has 8 heteroatoms. The molecule has 4 rings (SSSR count). The predicted molar refractivity (Wildman–Crippen MR) is 142 cm³/mol. The number of hydrogen-bond acceptors (Lipinski definition) is 8. The minimum Gasteiger partial charge on any atom is -0.472 e. The number of rotatable bonds is 14. The third-order valence-electron chi connectivity index (χ3n) is 6.52. The first kappa shape index (κ1) is 27.3. The van der Waals surface area contributed by atoms with Crippen LogP contribution in [0.4, 0.5) is 0 Å². The van der Waals surface area contributed by atoms with Gasteiger partial charge in [-0.3, -0.25) is 0 Å². The van der Waals surface area contributed by atoms with Crippen LogP contribution in [0.25, 0.3) is 0 Å². The molecular formula is C29H38N2O6. The second kappa shape index (κ2) is 13.1. The predicted octanol–water partition coefficient (Wildman–Crippen LogP) is 4.42. The van der Waals surface area contributed by atoms with E-state index in [1.165, 1.54) is 0 Å². The fourth-order valence-corrected chi connectivity index (χ4v) is 4.42. The monoisotopic (exact) mass is 510 g/mol. The molecule has 0 fully saturated rings. The van der Waals surface area contributed by atoms with E-state index in [1.54, 1.807) is 14.2 Å². The summed E-state index contributed by atoms with van der Waals surface area (Å²) >= 11 is 0. The van der Waals surface area contributed by atoms with Gasteiger partial charge in [0.1, 0.15) is 29.7 Å². The second-order valence-corrected chi connectivity index (χ2v) is 9.65. The number of nitrogens with zero attached hydrogens (tertiary/aromatic N) is 2. The molecule has 2 aliphatic heterocycles. The van der Waals surface area contributed by atoms with E-state index < -0.39 is 5.41 Å². The Hall–Kier alpha value is -2.78. The van der Waals surface area contributed by atoms with Gasteiger partial charge in [0.25, 0.3) is 0 Å². The molecular weight excluding hydrogens is 472 g/mol. The highest BCUT2D eigenvalue weighted by Gasteiger charge is 2.47. The van der Waals surface area contributed by atoms with Crippen LogP contribution >= 0.6 is 0 Å². The lowest BCUT2D eigenvalue weighted by molar-refractivity contribution is 0.0123. The quantitative estimate of drug-likeness (QED) is 0.350. The van der Waals surface area contributed by atoms with Crippen molar-refractivity contribution in [1.29, 1.82) is 0 Å². The third-order valence-corrected chi connectivity index (χ3v) is 6.52. The Morgan fingerprint density at radius 3 is 1.43 bits per heavy atom. The first-order valence-corrected chi connectivity index (χ1v) is 12.8. The Morgan fingerprint density at radius 1 is 0.649 bits per heavy atom. The number of aliphatic imine (C=N–C) groups is 2. The SMILES string of the molecule is COCCOC[C@H]1OC(C(C)(C)C2=N[C@H](c3ccccc3)[C@@H](COCCOC)O2)=N[C@@H]1c1ccccc1. The zero-order chi connectivity index (χ0) is 26.1. The zero-order valence-electron chi connectivity index (χ0n) is 22.2. The summed E-state index contributed by atoms with van der Waals surface area (Å²) in [5, 5.41) is 0. The van der Waals surface area contributed by atoms with E-state index in [1.807, 2.05) is 50.2 Å². The summed E-state index contributed by atoms with van der Waals surface area (Å²) in [6.45, 7) is 6.94. The number of ether oxygens (including phenoxy) is 6. The summed E-state index contributed by atoms with van der Waals surface area (Å²) in [5.41, 5.74) is 1.48. The van der Waals surface area contributed by atoms with Crippen LogP contribution < -0.4 is 0 Å². The van der Waals surface area contributed by atoms with Crippen molar-refractivity contribution in [3.63, 3.8) is 0 Å². The van der Waals surface area contributed by atoms with Crippen molar-refractivity contribution in [3.05, 3.63) is 71.8 Å². The van der Waals surface area contributed by atoms with Gasteiger partial charge in [0, 0.05) is 14.2 Å². The van der Waals surface area contributed by atoms with E-state index in [-0.39, 0.29) is 24.3 Å². The summed E-state index contributed by atoms with van der Waals surface area (Å²) in [4.78, 5) is 10.1. The molecule has 4 atom stereocenters. The lowest BCUT2D eigenvalue weighted by atomic mass is 9.93. The van der Waals surface area contributed by atoms with Crippen LogP contribution in [0.15, 0.2) is 70.6 Å². The van der Waals surface area contributed by atoms with Gasteiger partial charge in [0.05, 0.1) is 39.6 Å². The normalized spacial score (nSPS) is 23.4. The molecule has 8 nitrogen and oxygen atoms in total. The molecule has 37 heavy (non-hydrogen) atoms. The van der Waals surface area contributed by atoms with Gasteiger partial charge in [-0.05, 0) is 25.0 Å². The van der Waals surface area contributed by atoms with Gasteiger partial charge in [0.15, 0.2) is 11.8 Å². The van der Waals surface area contributed by atoms with Crippen molar-refractivity contribution in [3.8, 4) is 0 Å². The first-order valence-electron chi connectivity index (χ1n) is 12.8. The van der Waals surface area contributed by atoms with E-state index in [4.69, 9.17) is 38.4 Å². The van der Waals surface area contributed by atoms with Crippen LogP contribution in [-0.2, 0) is 28.4 Å². The second-order valence-electron chi connectivity index (χ2n) is 9.65. The highest BCUT2D eigenvalue weighted by atomic mass is 16.6. The Bertz CT molecular complexity index is 946. The standard InChI is InChI=1S/C29H38N2O6/c1-29(2,27-30-25(21-11-7-5-8-12-21)23(36-27)19-34-17-15-32-3)28-31-26(22-13-9-6-10-14-22)24(37-28)20-35-18-16-33-4/h5-14,23-26H,15-20H2,1-4H3/t23-,24-,25-,26-/m1/s1. The van der Waals surface area contributed by atoms with E-state index in [9.17, 15) is 0 Å². The van der Waals surface area contributed by atoms with Crippen LogP contribution in [0, 0.1) is 5.41 Å². The molecule has 2 aliphatic rings. The fourth-order valence-electron chi connectivity index (χ4n) is 4.42. The van der Waals surface area contributed by atoms with Gasteiger partial charge < -0.3 is 28.4 Å². The molecule has 0 radical (unpaired) electrons. The molecule has 0 bridgehead atoms. The summed E-state index contributed by atoms with van der Waals surface area (Å²) < 4.78 is 34.8. The van der Waals surface area contributed by atoms with Gasteiger partial charge in [-0.1, -0.05) is 60.7 Å². The largest absolute Gasteiger partial charge is 0.472 e. The summed E-state index contributed by atoms with van der Waals surface area (Å²) in [5.74, 6) is 1.18. The van der Waals surface area contributed by atoms with Gasteiger partial charge in [-0.2, -0.15) is 0 Å². The zero-order valence-corrected chi connectivity index (χ0v) is 22.2. The molecule has 2 aromatic rings. The van der Waals surface area contributed by atoms with E-state index >= 15 is 0 Å².